The fourth-order valence-electron chi connectivity index (χ4n) is 3.08. The number of nitrogens with zero attached hydrogens (tertiary/aromatic N) is 2. The number of carbonyl (C=O) groups is 1. The molecule has 0 fully saturated rings. The van der Waals surface area contributed by atoms with E-state index in [0.29, 0.717) is 16.4 Å². The smallest absolute Gasteiger partial charge is 0.273 e. The fourth-order valence-corrected chi connectivity index (χ4v) is 3.44. The minimum absolute atomic E-state index is 0.211. The van der Waals surface area contributed by atoms with Gasteiger partial charge in [-0.3, -0.25) is 15.6 Å². The number of aryl methyl sites for hydroxylation is 2. The Kier molecular flexibility index (Phi) is 6.22. The van der Waals surface area contributed by atoms with Gasteiger partial charge in [-0.05, 0) is 64.5 Å². The predicted octanol–water partition coefficient (Wildman–Crippen LogP) is 4.06. The van der Waals surface area contributed by atoms with Gasteiger partial charge in [0.05, 0.1) is 11.3 Å². The van der Waals surface area contributed by atoms with E-state index >= 15 is 0 Å². The van der Waals surface area contributed by atoms with E-state index in [1.807, 2.05) is 77.1 Å². The van der Waals surface area contributed by atoms with Gasteiger partial charge in [-0.1, -0.05) is 42.0 Å². The lowest BCUT2D eigenvalue weighted by Gasteiger charge is -2.23. The van der Waals surface area contributed by atoms with Crippen molar-refractivity contribution in [3.05, 3.63) is 71.4 Å². The molecular weight excluding hydrogens is 394 g/mol. The molecule has 3 N–H and O–H groups in total. The summed E-state index contributed by atoms with van der Waals surface area (Å²) < 4.78 is 1.72. The van der Waals surface area contributed by atoms with Gasteiger partial charge in [-0.25, -0.2) is 4.68 Å². The number of para-hydroxylation sites is 1. The number of amides is 1. The quantitative estimate of drug-likeness (QED) is 0.439. The third kappa shape index (κ3) is 5.24. The number of benzene rings is 2. The maximum absolute atomic E-state index is 13.0. The van der Waals surface area contributed by atoms with E-state index in [0.717, 1.165) is 22.4 Å². The van der Waals surface area contributed by atoms with E-state index in [1.165, 1.54) is 0 Å². The summed E-state index contributed by atoms with van der Waals surface area (Å²) >= 11 is 5.26. The summed E-state index contributed by atoms with van der Waals surface area (Å²) in [4.78, 5) is 13.0. The average Bonchev–Trinajstić information content (AvgIpc) is 3.10. The first-order valence-corrected chi connectivity index (χ1v) is 10.2. The number of carbonyl (C=O) groups excluding carboxylic acids is 1. The monoisotopic (exact) mass is 421 g/mol. The van der Waals surface area contributed by atoms with Gasteiger partial charge in [0.25, 0.3) is 5.91 Å². The molecule has 3 rings (SSSR count). The van der Waals surface area contributed by atoms with Gasteiger partial charge >= 0.3 is 0 Å². The van der Waals surface area contributed by atoms with Crippen molar-refractivity contribution in [1.29, 1.82) is 0 Å². The zero-order valence-electron chi connectivity index (χ0n) is 17.9. The molecule has 1 aromatic heterocycles. The molecule has 0 aliphatic carbocycles. The molecule has 1 amide bonds. The van der Waals surface area contributed by atoms with Crippen molar-refractivity contribution in [3.8, 4) is 16.9 Å². The average molecular weight is 422 g/mol. The van der Waals surface area contributed by atoms with E-state index < -0.39 is 0 Å². The SMILES string of the molecule is Cc1ccc(-c2nn(-c3ccccc3)cc2C(=O)NNC(=S)NC(C)(C)C)c(C)c1. The molecule has 7 heteroatoms. The van der Waals surface area contributed by atoms with Gasteiger partial charge in [0.1, 0.15) is 5.69 Å². The first-order valence-electron chi connectivity index (χ1n) is 9.75. The van der Waals surface area contributed by atoms with Crippen LogP contribution in [0.3, 0.4) is 0 Å². The predicted molar refractivity (Wildman–Crippen MR) is 125 cm³/mol. The Hall–Kier alpha value is -3.19. The van der Waals surface area contributed by atoms with E-state index in [1.54, 1.807) is 10.9 Å². The fraction of sp³-hybridized carbons (Fsp3) is 0.261. The third-order valence-corrected chi connectivity index (χ3v) is 4.60. The molecule has 0 atom stereocenters. The Morgan fingerprint density at radius 1 is 1.03 bits per heavy atom. The topological polar surface area (TPSA) is 71.0 Å². The van der Waals surface area contributed by atoms with Crippen molar-refractivity contribution in [1.82, 2.24) is 25.9 Å². The first-order chi connectivity index (χ1) is 14.1. The number of rotatable bonds is 3. The second kappa shape index (κ2) is 8.67. The summed E-state index contributed by atoms with van der Waals surface area (Å²) in [5, 5.41) is 8.18. The van der Waals surface area contributed by atoms with Crippen LogP contribution in [0.1, 0.15) is 42.3 Å². The maximum Gasteiger partial charge on any atom is 0.273 e. The zero-order valence-corrected chi connectivity index (χ0v) is 18.7. The molecule has 0 saturated heterocycles. The maximum atomic E-state index is 13.0. The highest BCUT2D eigenvalue weighted by Gasteiger charge is 2.20. The van der Waals surface area contributed by atoms with Crippen LogP contribution in [0.4, 0.5) is 0 Å². The standard InChI is InChI=1S/C23H27N5OS/c1-15-11-12-18(16(2)13-15)20-19(14-28(27-20)17-9-7-6-8-10-17)21(29)25-26-22(30)24-23(3,4)5/h6-14H,1-5H3,(H,25,29)(H2,24,26,30). The number of nitrogens with one attached hydrogen (secondary N) is 3. The molecule has 0 radical (unpaired) electrons. The Morgan fingerprint density at radius 2 is 1.73 bits per heavy atom. The highest BCUT2D eigenvalue weighted by Crippen LogP contribution is 2.27. The first kappa shape index (κ1) is 21.5. The number of hydrazine groups is 1. The lowest BCUT2D eigenvalue weighted by molar-refractivity contribution is 0.0944. The van der Waals surface area contributed by atoms with Gasteiger partial charge in [0, 0.05) is 17.3 Å². The van der Waals surface area contributed by atoms with Crippen LogP contribution in [-0.4, -0.2) is 26.3 Å². The van der Waals surface area contributed by atoms with Crippen molar-refractivity contribution in [3.63, 3.8) is 0 Å². The highest BCUT2D eigenvalue weighted by atomic mass is 32.1. The number of hydrogen-bond donors (Lipinski definition) is 3. The van der Waals surface area contributed by atoms with Crippen molar-refractivity contribution in [2.24, 2.45) is 0 Å². The minimum Gasteiger partial charge on any atom is -0.357 e. The summed E-state index contributed by atoms with van der Waals surface area (Å²) in [6.07, 6.45) is 1.74. The highest BCUT2D eigenvalue weighted by molar-refractivity contribution is 7.80. The Labute approximate surface area is 182 Å². The normalized spacial score (nSPS) is 11.1. The van der Waals surface area contributed by atoms with E-state index in [-0.39, 0.29) is 11.4 Å². The molecule has 0 aliphatic heterocycles. The second-order valence-electron chi connectivity index (χ2n) is 8.27. The van der Waals surface area contributed by atoms with Crippen LogP contribution in [0.2, 0.25) is 0 Å². The van der Waals surface area contributed by atoms with Crippen LogP contribution >= 0.6 is 12.2 Å². The molecule has 0 spiro atoms. The molecular formula is C23H27N5OS. The van der Waals surface area contributed by atoms with E-state index in [4.69, 9.17) is 17.3 Å². The lowest BCUT2D eigenvalue weighted by atomic mass is 10.0. The van der Waals surface area contributed by atoms with Crippen LogP contribution in [-0.2, 0) is 0 Å². The van der Waals surface area contributed by atoms with Crippen molar-refractivity contribution >= 4 is 23.2 Å². The van der Waals surface area contributed by atoms with Crippen LogP contribution in [0.5, 0.6) is 0 Å². The second-order valence-corrected chi connectivity index (χ2v) is 8.68. The molecule has 0 bridgehead atoms. The third-order valence-electron chi connectivity index (χ3n) is 4.39. The van der Waals surface area contributed by atoms with Gasteiger partial charge in [-0.15, -0.1) is 0 Å². The van der Waals surface area contributed by atoms with Crippen LogP contribution in [0.15, 0.2) is 54.7 Å². The Bertz CT molecular complexity index is 1070. The van der Waals surface area contributed by atoms with E-state index in [2.05, 4.69) is 22.2 Å². The summed E-state index contributed by atoms with van der Waals surface area (Å²) in [6, 6.07) is 15.8. The summed E-state index contributed by atoms with van der Waals surface area (Å²) in [5.41, 5.74) is 10.3. The molecule has 2 aromatic carbocycles. The number of hydrogen-bond acceptors (Lipinski definition) is 3. The lowest BCUT2D eigenvalue weighted by Crippen LogP contribution is -2.52. The summed E-state index contributed by atoms with van der Waals surface area (Å²) in [7, 11) is 0. The van der Waals surface area contributed by atoms with Crippen molar-refractivity contribution in [2.45, 2.75) is 40.2 Å². The molecule has 6 nitrogen and oxygen atoms in total. The van der Waals surface area contributed by atoms with Crippen LogP contribution in [0.25, 0.3) is 16.9 Å². The number of aromatic nitrogens is 2. The minimum atomic E-state index is -0.315. The molecule has 0 saturated carbocycles. The summed E-state index contributed by atoms with van der Waals surface area (Å²) in [6.45, 7) is 10.0. The van der Waals surface area contributed by atoms with Gasteiger partial charge < -0.3 is 5.32 Å². The van der Waals surface area contributed by atoms with Crippen molar-refractivity contribution < 1.29 is 4.79 Å². The molecule has 0 unspecified atom stereocenters. The Balaban J connectivity index is 1.94. The van der Waals surface area contributed by atoms with Gasteiger partial charge in [0.2, 0.25) is 0 Å². The zero-order chi connectivity index (χ0) is 21.9. The molecule has 1 heterocycles. The molecule has 30 heavy (non-hydrogen) atoms. The molecule has 0 aliphatic rings. The molecule has 156 valence electrons. The van der Waals surface area contributed by atoms with Gasteiger partial charge in [-0.2, -0.15) is 5.10 Å². The summed E-state index contributed by atoms with van der Waals surface area (Å²) in [5.74, 6) is -0.315. The van der Waals surface area contributed by atoms with Gasteiger partial charge in [0.15, 0.2) is 5.11 Å². The van der Waals surface area contributed by atoms with E-state index in [9.17, 15) is 4.79 Å². The number of thiocarbonyl (C=S) groups is 1. The van der Waals surface area contributed by atoms with Crippen molar-refractivity contribution in [2.75, 3.05) is 0 Å². The van der Waals surface area contributed by atoms with Crippen LogP contribution < -0.4 is 16.2 Å². The largest absolute Gasteiger partial charge is 0.357 e. The molecule has 3 aromatic rings. The Morgan fingerprint density at radius 3 is 2.37 bits per heavy atom. The van der Waals surface area contributed by atoms with Crippen LogP contribution in [0, 0.1) is 13.8 Å².